The molecule has 0 aliphatic rings. The first-order chi connectivity index (χ1) is 12.0. The molecule has 25 heavy (non-hydrogen) atoms. The van der Waals surface area contributed by atoms with Crippen LogP contribution in [0.2, 0.25) is 5.02 Å². The average Bonchev–Trinajstić information content (AvgIpc) is 2.59. The first-order valence-electron chi connectivity index (χ1n) is 7.79. The van der Waals surface area contributed by atoms with Gasteiger partial charge >= 0.3 is 5.69 Å². The van der Waals surface area contributed by atoms with Crippen LogP contribution in [-0.4, -0.2) is 21.3 Å². The number of hydrogen-bond acceptors (Lipinski definition) is 4. The fourth-order valence-electron chi connectivity index (χ4n) is 2.30. The molecule has 3 N–H and O–H groups in total. The number of nitrogens with one attached hydrogen (secondary N) is 3. The van der Waals surface area contributed by atoms with Crippen molar-refractivity contribution in [2.24, 2.45) is 0 Å². The smallest absolute Gasteiger partial charge is 0.332 e. The summed E-state index contributed by atoms with van der Waals surface area (Å²) in [5, 5.41) is 3.66. The second-order valence-corrected chi connectivity index (χ2v) is 6.19. The normalized spacial score (nSPS) is 10.4. The van der Waals surface area contributed by atoms with Gasteiger partial charge in [0.15, 0.2) is 5.11 Å². The van der Waals surface area contributed by atoms with E-state index in [1.54, 1.807) is 19.2 Å². The summed E-state index contributed by atoms with van der Waals surface area (Å²) in [7, 11) is 1.66. The molecule has 0 radical (unpaired) electrons. The van der Waals surface area contributed by atoms with E-state index >= 15 is 0 Å². The van der Waals surface area contributed by atoms with Crippen molar-refractivity contribution in [3.63, 3.8) is 0 Å². The van der Waals surface area contributed by atoms with Gasteiger partial charge in [0.25, 0.3) is 5.56 Å². The van der Waals surface area contributed by atoms with Gasteiger partial charge in [0.05, 0.1) is 6.54 Å². The van der Waals surface area contributed by atoms with E-state index < -0.39 is 5.69 Å². The van der Waals surface area contributed by atoms with Crippen LogP contribution in [0.15, 0.2) is 39.9 Å². The molecule has 0 amide bonds. The van der Waals surface area contributed by atoms with E-state index in [2.05, 4.69) is 16.2 Å². The van der Waals surface area contributed by atoms with Crippen molar-refractivity contribution < 1.29 is 0 Å². The lowest BCUT2D eigenvalue weighted by Crippen LogP contribution is -2.44. The molecule has 7 nitrogen and oxygen atoms in total. The molecule has 1 heterocycles. The van der Waals surface area contributed by atoms with Crippen molar-refractivity contribution in [3.8, 4) is 0 Å². The van der Waals surface area contributed by atoms with Gasteiger partial charge < -0.3 is 5.32 Å². The highest BCUT2D eigenvalue weighted by Gasteiger charge is 2.12. The second-order valence-electron chi connectivity index (χ2n) is 5.35. The van der Waals surface area contributed by atoms with Crippen LogP contribution in [-0.2, 0) is 13.1 Å². The summed E-state index contributed by atoms with van der Waals surface area (Å²) in [4.78, 5) is 25.0. The number of aromatic nitrogens is 2. The topological polar surface area (TPSA) is 80.1 Å². The Morgan fingerprint density at radius 1 is 1.24 bits per heavy atom. The molecular weight excluding hydrogens is 362 g/mol. The summed E-state index contributed by atoms with van der Waals surface area (Å²) >= 11 is 11.0. The summed E-state index contributed by atoms with van der Waals surface area (Å²) in [5.74, 6) is 0.319. The number of benzene rings is 1. The predicted molar refractivity (Wildman–Crippen MR) is 104 cm³/mol. The second kappa shape index (κ2) is 8.68. The Kier molecular flexibility index (Phi) is 6.60. The van der Waals surface area contributed by atoms with Crippen molar-refractivity contribution in [1.29, 1.82) is 0 Å². The third-order valence-electron chi connectivity index (χ3n) is 3.49. The number of halogens is 1. The molecule has 0 atom stereocenters. The Morgan fingerprint density at radius 2 is 2.00 bits per heavy atom. The number of hydrogen-bond donors (Lipinski definition) is 3. The van der Waals surface area contributed by atoms with Gasteiger partial charge in [-0.2, -0.15) is 0 Å². The van der Waals surface area contributed by atoms with E-state index in [-0.39, 0.29) is 12.1 Å². The molecule has 0 spiro atoms. The summed E-state index contributed by atoms with van der Waals surface area (Å²) in [6.45, 7) is 2.53. The quantitative estimate of drug-likeness (QED) is 0.520. The van der Waals surface area contributed by atoms with Crippen molar-refractivity contribution in [2.45, 2.75) is 26.4 Å². The number of anilines is 1. The lowest BCUT2D eigenvalue weighted by atomic mass is 10.2. The minimum absolute atomic E-state index is 0.264. The molecule has 0 aliphatic heterocycles. The van der Waals surface area contributed by atoms with Crippen LogP contribution < -0.4 is 27.4 Å². The number of thiocarbonyl (C=S) groups is 1. The molecule has 9 heteroatoms. The van der Waals surface area contributed by atoms with E-state index in [9.17, 15) is 9.59 Å². The maximum atomic E-state index is 12.8. The van der Waals surface area contributed by atoms with Gasteiger partial charge in [-0.1, -0.05) is 30.7 Å². The van der Waals surface area contributed by atoms with Crippen molar-refractivity contribution >= 4 is 34.7 Å². The fourth-order valence-corrected chi connectivity index (χ4v) is 2.57. The Bertz CT molecular complexity index is 878. The molecule has 2 aromatic rings. The zero-order valence-electron chi connectivity index (χ0n) is 14.0. The predicted octanol–water partition coefficient (Wildman–Crippen LogP) is 1.54. The van der Waals surface area contributed by atoms with E-state index in [0.29, 0.717) is 28.9 Å². The summed E-state index contributed by atoms with van der Waals surface area (Å²) in [6, 6.07) is 8.58. The van der Waals surface area contributed by atoms with Gasteiger partial charge in [0.1, 0.15) is 5.82 Å². The Labute approximate surface area is 155 Å². The number of nitrogens with zero attached hydrogens (tertiary/aromatic N) is 2. The first kappa shape index (κ1) is 19.0. The lowest BCUT2D eigenvalue weighted by molar-refractivity contribution is 0.567. The van der Waals surface area contributed by atoms with Gasteiger partial charge in [-0.25, -0.2) is 4.79 Å². The zero-order valence-corrected chi connectivity index (χ0v) is 15.6. The highest BCUT2D eigenvalue weighted by molar-refractivity contribution is 7.80. The van der Waals surface area contributed by atoms with Gasteiger partial charge in [-0.15, -0.1) is 0 Å². The Morgan fingerprint density at radius 3 is 2.64 bits per heavy atom. The summed E-state index contributed by atoms with van der Waals surface area (Å²) in [6.07, 6.45) is 0.682. The molecule has 0 bridgehead atoms. The number of rotatable bonds is 6. The average molecular weight is 382 g/mol. The van der Waals surface area contributed by atoms with E-state index in [0.717, 1.165) is 5.56 Å². The number of hydrazine groups is 1. The van der Waals surface area contributed by atoms with Gasteiger partial charge in [-0.3, -0.25) is 24.8 Å². The van der Waals surface area contributed by atoms with Crippen molar-refractivity contribution in [2.75, 3.05) is 12.5 Å². The van der Waals surface area contributed by atoms with Crippen LogP contribution in [0.1, 0.15) is 18.9 Å². The molecule has 0 saturated heterocycles. The molecule has 0 unspecified atom stereocenters. The monoisotopic (exact) mass is 381 g/mol. The minimum Gasteiger partial charge on any atom is -0.364 e. The highest BCUT2D eigenvalue weighted by atomic mass is 35.5. The van der Waals surface area contributed by atoms with Gasteiger partial charge in [-0.05, 0) is 36.3 Å². The Hall–Kier alpha value is -2.32. The van der Waals surface area contributed by atoms with Gasteiger partial charge in [0.2, 0.25) is 0 Å². The van der Waals surface area contributed by atoms with Crippen molar-refractivity contribution in [3.05, 3.63) is 61.8 Å². The summed E-state index contributed by atoms with van der Waals surface area (Å²) < 4.78 is 2.68. The third kappa shape index (κ3) is 4.83. The molecule has 2 rings (SSSR count). The SMILES string of the molecule is CCCn1c(=O)cc(NNC(=S)NC)n(Cc2cccc(Cl)c2)c1=O. The van der Waals surface area contributed by atoms with Crippen molar-refractivity contribution in [1.82, 2.24) is 19.9 Å². The Balaban J connectivity index is 2.48. The maximum absolute atomic E-state index is 12.8. The molecule has 134 valence electrons. The van der Waals surface area contributed by atoms with E-state index in [1.807, 2.05) is 19.1 Å². The molecule has 1 aromatic heterocycles. The van der Waals surface area contributed by atoms with Crippen LogP contribution in [0.4, 0.5) is 5.82 Å². The third-order valence-corrected chi connectivity index (χ3v) is 4.03. The van der Waals surface area contributed by atoms with E-state index in [4.69, 9.17) is 23.8 Å². The fraction of sp³-hybridized carbons (Fsp3) is 0.312. The minimum atomic E-state index is -0.394. The molecule has 1 aromatic carbocycles. The largest absolute Gasteiger partial charge is 0.364 e. The van der Waals surface area contributed by atoms with Crippen LogP contribution in [0.5, 0.6) is 0 Å². The van der Waals surface area contributed by atoms with Gasteiger partial charge in [0, 0.05) is 24.7 Å². The van der Waals surface area contributed by atoms with Crippen LogP contribution in [0, 0.1) is 0 Å². The molecule has 0 saturated carbocycles. The van der Waals surface area contributed by atoms with Crippen LogP contribution >= 0.6 is 23.8 Å². The summed E-state index contributed by atoms with van der Waals surface area (Å²) in [5.41, 5.74) is 5.62. The molecular formula is C16H20ClN5O2S. The van der Waals surface area contributed by atoms with E-state index in [1.165, 1.54) is 15.2 Å². The zero-order chi connectivity index (χ0) is 18.4. The first-order valence-corrected chi connectivity index (χ1v) is 8.57. The molecule has 0 fully saturated rings. The standard InChI is InChI=1S/C16H20ClN5O2S/c1-3-7-21-14(23)9-13(19-20-15(25)18-2)22(16(21)24)10-11-5-4-6-12(17)8-11/h4-6,8-9,19H,3,7,10H2,1-2H3,(H2,18,20,25). The lowest BCUT2D eigenvalue weighted by Gasteiger charge is -2.17. The maximum Gasteiger partial charge on any atom is 0.332 e. The van der Waals surface area contributed by atoms with Crippen LogP contribution in [0.3, 0.4) is 0 Å². The molecule has 0 aliphatic carbocycles. The highest BCUT2D eigenvalue weighted by Crippen LogP contribution is 2.13. The van der Waals surface area contributed by atoms with Crippen LogP contribution in [0.25, 0.3) is 0 Å².